The molecule has 1 aliphatic heterocycles. The lowest BCUT2D eigenvalue weighted by atomic mass is 10.00. The Kier molecular flexibility index (Phi) is 29.4. The monoisotopic (exact) mass is 1090 g/mol. The molecule has 0 spiro atoms. The van der Waals surface area contributed by atoms with Crippen LogP contribution in [0.25, 0.3) is 0 Å². The summed E-state index contributed by atoms with van der Waals surface area (Å²) in [5.41, 5.74) is 18.5. The zero-order valence-corrected chi connectivity index (χ0v) is 45.3. The number of hydrogen-bond donors (Lipinski definition) is 13. The van der Waals surface area contributed by atoms with Crippen molar-refractivity contribution in [1.29, 1.82) is 0 Å². The fourth-order valence-electron chi connectivity index (χ4n) is 8.66. The van der Waals surface area contributed by atoms with Gasteiger partial charge in [0.1, 0.15) is 48.3 Å². The Morgan fingerprint density at radius 2 is 1.01 bits per heavy atom. The summed E-state index contributed by atoms with van der Waals surface area (Å²) >= 11 is 0. The van der Waals surface area contributed by atoms with Crippen molar-refractivity contribution >= 4 is 65.2 Å². The number of aliphatic carboxylic acids is 3. The van der Waals surface area contributed by atoms with Gasteiger partial charge in [-0.1, -0.05) is 71.9 Å². The number of carbonyl (C=O) groups is 11. The fraction of sp³-hybridized carbons (Fsp3) is 0.673. The van der Waals surface area contributed by atoms with Crippen LogP contribution in [0.2, 0.25) is 0 Å². The fourth-order valence-corrected chi connectivity index (χ4v) is 8.66. The van der Waals surface area contributed by atoms with Crippen LogP contribution in [0.15, 0.2) is 30.3 Å². The predicted octanol–water partition coefficient (Wildman–Crippen LogP) is -0.629. The van der Waals surface area contributed by atoms with Gasteiger partial charge in [-0.15, -0.1) is 0 Å². The summed E-state index contributed by atoms with van der Waals surface area (Å²) in [5.74, 6) is -11.5. The van der Waals surface area contributed by atoms with E-state index in [1.807, 2.05) is 44.2 Å². The molecule has 0 aromatic heterocycles. The third-order valence-electron chi connectivity index (χ3n) is 13.0. The number of likely N-dealkylation sites (tertiary alicyclic amines) is 1. The largest absolute Gasteiger partial charge is 0.481 e. The number of nitrogens with zero attached hydrogens (tertiary/aromatic N) is 1. The van der Waals surface area contributed by atoms with Gasteiger partial charge in [-0.3, -0.25) is 47.9 Å². The number of carboxylic acids is 3. The smallest absolute Gasteiger partial charge is 0.326 e. The summed E-state index contributed by atoms with van der Waals surface area (Å²) in [7, 11) is 0. The maximum absolute atomic E-state index is 14.5. The Morgan fingerprint density at radius 3 is 1.49 bits per heavy atom. The van der Waals surface area contributed by atoms with Crippen molar-refractivity contribution < 1.29 is 68.1 Å². The van der Waals surface area contributed by atoms with E-state index in [0.29, 0.717) is 32.1 Å². The van der Waals surface area contributed by atoms with Crippen molar-refractivity contribution in [1.82, 2.24) is 42.1 Å². The molecule has 0 unspecified atom stereocenters. The minimum Gasteiger partial charge on any atom is -0.481 e. The number of hydrogen-bond acceptors (Lipinski definition) is 14. The van der Waals surface area contributed by atoms with Gasteiger partial charge in [-0.05, 0) is 113 Å². The molecule has 0 bridgehead atoms. The van der Waals surface area contributed by atoms with Gasteiger partial charge >= 0.3 is 17.9 Å². The molecule has 1 aromatic carbocycles. The van der Waals surface area contributed by atoms with Gasteiger partial charge in [0.05, 0.1) is 6.04 Å². The maximum Gasteiger partial charge on any atom is 0.326 e. The van der Waals surface area contributed by atoms with Gasteiger partial charge < -0.3 is 74.6 Å². The average Bonchev–Trinajstić information content (AvgIpc) is 3.86. The van der Waals surface area contributed by atoms with Gasteiger partial charge in [0.2, 0.25) is 47.3 Å². The predicted molar refractivity (Wildman–Crippen MR) is 283 cm³/mol. The number of carbonyl (C=O) groups excluding carboxylic acids is 8. The Bertz CT molecular complexity index is 2150. The summed E-state index contributed by atoms with van der Waals surface area (Å²) in [5, 5.41) is 46.9. The van der Waals surface area contributed by atoms with E-state index in [2.05, 4.69) is 37.2 Å². The number of amides is 8. The molecule has 1 heterocycles. The van der Waals surface area contributed by atoms with E-state index in [9.17, 15) is 68.1 Å². The van der Waals surface area contributed by atoms with Crippen LogP contribution in [-0.2, 0) is 59.2 Å². The highest BCUT2D eigenvalue weighted by Gasteiger charge is 2.41. The molecule has 2 rings (SSSR count). The van der Waals surface area contributed by atoms with Crippen molar-refractivity contribution in [2.45, 2.75) is 186 Å². The third kappa shape index (κ3) is 23.6. The van der Waals surface area contributed by atoms with Gasteiger partial charge in [0, 0.05) is 19.4 Å². The van der Waals surface area contributed by atoms with Gasteiger partial charge in [-0.2, -0.15) is 0 Å². The van der Waals surface area contributed by atoms with Crippen LogP contribution >= 0.6 is 0 Å². The summed E-state index contributed by atoms with van der Waals surface area (Å²) in [6, 6.07) is -2.54. The minimum absolute atomic E-state index is 0.00451. The van der Waals surface area contributed by atoms with E-state index in [1.165, 1.54) is 4.90 Å². The Balaban J connectivity index is 2.37. The number of unbranched alkanes of at least 4 members (excludes halogenated alkanes) is 2. The van der Waals surface area contributed by atoms with E-state index in [4.69, 9.17) is 17.2 Å². The Morgan fingerprint density at radius 1 is 0.558 bits per heavy atom. The molecule has 0 aliphatic carbocycles. The molecular weight excluding hydrogens is 1000 g/mol. The second kappa shape index (κ2) is 34.1. The van der Waals surface area contributed by atoms with Gasteiger partial charge in [-0.25, -0.2) is 4.79 Å². The average molecular weight is 1090 g/mol. The van der Waals surface area contributed by atoms with Crippen LogP contribution in [0.4, 0.5) is 0 Å². The first-order chi connectivity index (χ1) is 36.3. The second-order valence-electron chi connectivity index (χ2n) is 20.7. The SMILES string of the molecule is CC(C)C[C@H](NC(=O)[C@@H](N)Cc1ccccc1)C(=O)N[C@@H](CCCCN)C(=O)N[C@@H](CCC(=O)O)C(=O)N1CCC[C@H]1C(=O)N[C@H](C(=O)N[C@@H](CCCCN)C(=O)N[C@@H](CCC(=O)O)C(=O)N[C@H](C(=O)O)C(C)C)C(C)C. The standard InChI is InChI=1S/C52H85N11O14/c1-29(2)27-38(60-44(68)33(55)28-32-15-8-7-9-16-32)48(72)56-34(17-10-12-24-53)46(70)59-37(21-23-41(66)67)51(75)63-26-14-19-39(63)49(73)61-42(30(3)4)50(74)58-35(18-11-13-25-54)45(69)57-36(20-22-40(64)65)47(71)62-43(31(5)6)52(76)77/h7-9,15-16,29-31,33-39,42-43H,10-14,17-28,53-55H2,1-6H3,(H,56,72)(H,57,69)(H,58,74)(H,59,70)(H,60,68)(H,61,73)(H,62,71)(H,64,65)(H,66,67)(H,76,77)/t33-,34-,35-,36-,37-,38-,39-,42-,43-/m0/s1. The first-order valence-electron chi connectivity index (χ1n) is 26.6. The lowest BCUT2D eigenvalue weighted by Gasteiger charge is -2.32. The topological polar surface area (TPSA) is 414 Å². The number of nitrogens with one attached hydrogen (secondary N) is 7. The number of rotatable bonds is 36. The van der Waals surface area contributed by atoms with Crippen LogP contribution in [-0.4, -0.2) is 159 Å². The molecule has 1 aromatic rings. The molecule has 1 saturated heterocycles. The second-order valence-corrected chi connectivity index (χ2v) is 20.7. The third-order valence-corrected chi connectivity index (χ3v) is 13.0. The highest BCUT2D eigenvalue weighted by Crippen LogP contribution is 2.21. The zero-order chi connectivity index (χ0) is 57.9. The van der Waals surface area contributed by atoms with Crippen LogP contribution in [0.3, 0.4) is 0 Å². The molecule has 9 atom stereocenters. The molecule has 1 aliphatic rings. The van der Waals surface area contributed by atoms with E-state index in [1.54, 1.807) is 27.7 Å². The minimum atomic E-state index is -1.51. The maximum atomic E-state index is 14.5. The Hall–Kier alpha value is -6.73. The van der Waals surface area contributed by atoms with Gasteiger partial charge in [0.15, 0.2) is 0 Å². The van der Waals surface area contributed by atoms with Crippen LogP contribution in [0.1, 0.15) is 131 Å². The Labute approximate surface area is 450 Å². The molecule has 25 nitrogen and oxygen atoms in total. The zero-order valence-electron chi connectivity index (χ0n) is 45.3. The molecule has 0 radical (unpaired) electrons. The van der Waals surface area contributed by atoms with E-state index in [0.717, 1.165) is 5.56 Å². The molecule has 16 N–H and O–H groups in total. The molecular formula is C52H85N11O14. The van der Waals surface area contributed by atoms with Crippen molar-refractivity contribution in [2.24, 2.45) is 35.0 Å². The molecule has 0 saturated carbocycles. The highest BCUT2D eigenvalue weighted by atomic mass is 16.4. The first kappa shape index (κ1) is 66.4. The van der Waals surface area contributed by atoms with Crippen LogP contribution in [0, 0.1) is 17.8 Å². The molecule has 1 fully saturated rings. The molecule has 77 heavy (non-hydrogen) atoms. The number of carboxylic acid groups (broad SMARTS) is 3. The summed E-state index contributed by atoms with van der Waals surface area (Å²) in [6.07, 6.45) is 0.463. The molecule has 25 heteroatoms. The highest BCUT2D eigenvalue weighted by molar-refractivity contribution is 5.98. The van der Waals surface area contributed by atoms with Crippen molar-refractivity contribution in [3.05, 3.63) is 35.9 Å². The number of nitrogens with two attached hydrogens (primary N) is 3. The van der Waals surface area contributed by atoms with Crippen molar-refractivity contribution in [3.63, 3.8) is 0 Å². The van der Waals surface area contributed by atoms with Crippen LogP contribution < -0.4 is 54.4 Å². The first-order valence-corrected chi connectivity index (χ1v) is 26.6. The molecule has 8 amide bonds. The quantitative estimate of drug-likeness (QED) is 0.0372. The van der Waals surface area contributed by atoms with Gasteiger partial charge in [0.25, 0.3) is 0 Å². The van der Waals surface area contributed by atoms with E-state index in [-0.39, 0.29) is 57.7 Å². The summed E-state index contributed by atoms with van der Waals surface area (Å²) in [4.78, 5) is 148. The summed E-state index contributed by atoms with van der Waals surface area (Å²) in [6.45, 7) is 10.5. The van der Waals surface area contributed by atoms with E-state index < -0.39 is 157 Å². The summed E-state index contributed by atoms with van der Waals surface area (Å²) < 4.78 is 0. The lowest BCUT2D eigenvalue weighted by Crippen LogP contribution is -2.61. The normalized spacial score (nSPS) is 16.4. The van der Waals surface area contributed by atoms with Crippen molar-refractivity contribution in [2.75, 3.05) is 19.6 Å². The number of benzene rings is 1. The lowest BCUT2D eigenvalue weighted by molar-refractivity contribution is -0.144. The molecule has 432 valence electrons. The van der Waals surface area contributed by atoms with Crippen LogP contribution in [0.5, 0.6) is 0 Å². The van der Waals surface area contributed by atoms with E-state index >= 15 is 0 Å². The van der Waals surface area contributed by atoms with Crippen molar-refractivity contribution in [3.8, 4) is 0 Å².